The van der Waals surface area contributed by atoms with Crippen LogP contribution in [0, 0.1) is 11.8 Å². The van der Waals surface area contributed by atoms with E-state index in [-0.39, 0.29) is 24.3 Å². The Bertz CT molecular complexity index is 1150. The number of benzene rings is 1. The van der Waals surface area contributed by atoms with E-state index in [1.807, 2.05) is 48.6 Å². The standard InChI is InChI=1S/C30H40N4O5/c1-4-32(5-2)21-12-14-22(15-13-21)33-19-10-16-30-25(24-23(39-30)11-9-17-31(3)27(24)36)28(37)34(26(30)29(33)38)18-7-6-8-20-35/h9-16,23-26,35H,4-8,17-20H2,1-3H3/t23-,24+,25-,26?,30-/m0/s1. The van der Waals surface area contributed by atoms with Gasteiger partial charge in [0.1, 0.15) is 11.6 Å². The fraction of sp³-hybridized carbons (Fsp3) is 0.567. The van der Waals surface area contributed by atoms with Gasteiger partial charge in [0, 0.05) is 57.8 Å². The predicted molar refractivity (Wildman–Crippen MR) is 149 cm³/mol. The number of fused-ring (bicyclic) bond motifs is 2. The van der Waals surface area contributed by atoms with Gasteiger partial charge in [0.05, 0.1) is 17.9 Å². The van der Waals surface area contributed by atoms with Crippen LogP contribution in [0.1, 0.15) is 33.1 Å². The SMILES string of the molecule is CCN(CC)c1ccc(N2CC=C[C@]34O[C@H]5C=CCN(C)C(=O)[C@H]5[C@H]3C(=O)N(CCCCCO)C4C2=O)cc1. The molecule has 210 valence electrons. The molecule has 1 aromatic carbocycles. The summed E-state index contributed by atoms with van der Waals surface area (Å²) in [6.45, 7) is 7.28. The molecule has 1 N–H and O–H groups in total. The van der Waals surface area contributed by atoms with Gasteiger partial charge >= 0.3 is 0 Å². The highest BCUT2D eigenvalue weighted by Crippen LogP contribution is 2.53. The third kappa shape index (κ3) is 4.55. The zero-order chi connectivity index (χ0) is 27.7. The first-order valence-electron chi connectivity index (χ1n) is 14.2. The number of hydrogen-bond acceptors (Lipinski definition) is 6. The summed E-state index contributed by atoms with van der Waals surface area (Å²) in [7, 11) is 1.74. The van der Waals surface area contributed by atoms with Crippen molar-refractivity contribution in [2.75, 3.05) is 56.2 Å². The molecule has 0 aromatic heterocycles. The predicted octanol–water partition coefficient (Wildman–Crippen LogP) is 2.21. The number of aliphatic hydroxyl groups excluding tert-OH is 1. The van der Waals surface area contributed by atoms with Crippen LogP contribution in [0.5, 0.6) is 0 Å². The van der Waals surface area contributed by atoms with Gasteiger partial charge < -0.3 is 29.4 Å². The second-order valence-electron chi connectivity index (χ2n) is 10.8. The molecule has 0 radical (unpaired) electrons. The largest absolute Gasteiger partial charge is 0.396 e. The Labute approximate surface area is 230 Å². The van der Waals surface area contributed by atoms with Gasteiger partial charge in [-0.3, -0.25) is 14.4 Å². The first-order chi connectivity index (χ1) is 18.9. The molecule has 4 heterocycles. The summed E-state index contributed by atoms with van der Waals surface area (Å²) in [5.74, 6) is -1.98. The lowest BCUT2D eigenvalue weighted by Crippen LogP contribution is -2.55. The zero-order valence-corrected chi connectivity index (χ0v) is 23.2. The van der Waals surface area contributed by atoms with E-state index in [2.05, 4.69) is 18.7 Å². The fourth-order valence-corrected chi connectivity index (χ4v) is 6.74. The van der Waals surface area contributed by atoms with Crippen LogP contribution in [0.3, 0.4) is 0 Å². The van der Waals surface area contributed by atoms with E-state index >= 15 is 0 Å². The number of ether oxygens (including phenoxy) is 1. The smallest absolute Gasteiger partial charge is 0.253 e. The average Bonchev–Trinajstić information content (AvgIpc) is 3.26. The molecule has 0 bridgehead atoms. The van der Waals surface area contributed by atoms with Crippen molar-refractivity contribution in [3.05, 3.63) is 48.6 Å². The van der Waals surface area contributed by atoms with E-state index in [9.17, 15) is 19.5 Å². The number of anilines is 2. The summed E-state index contributed by atoms with van der Waals surface area (Å²) in [6, 6.07) is 7.09. The normalized spacial score (nSPS) is 29.8. The molecule has 4 aliphatic rings. The zero-order valence-electron chi connectivity index (χ0n) is 23.2. The summed E-state index contributed by atoms with van der Waals surface area (Å²) in [4.78, 5) is 49.2. The minimum Gasteiger partial charge on any atom is -0.396 e. The van der Waals surface area contributed by atoms with Crippen LogP contribution in [-0.2, 0) is 19.1 Å². The number of rotatable bonds is 9. The van der Waals surface area contributed by atoms with Gasteiger partial charge in [-0.2, -0.15) is 0 Å². The lowest BCUT2D eigenvalue weighted by atomic mass is 9.77. The average molecular weight is 537 g/mol. The molecule has 3 amide bonds. The quantitative estimate of drug-likeness (QED) is 0.384. The fourth-order valence-electron chi connectivity index (χ4n) is 6.74. The molecular weight excluding hydrogens is 496 g/mol. The first kappa shape index (κ1) is 27.4. The maximum Gasteiger partial charge on any atom is 0.253 e. The van der Waals surface area contributed by atoms with Crippen LogP contribution in [0.2, 0.25) is 0 Å². The van der Waals surface area contributed by atoms with E-state index in [1.165, 1.54) is 0 Å². The molecule has 39 heavy (non-hydrogen) atoms. The van der Waals surface area contributed by atoms with Crippen molar-refractivity contribution in [1.29, 1.82) is 0 Å². The van der Waals surface area contributed by atoms with Crippen LogP contribution in [0.25, 0.3) is 0 Å². The number of likely N-dealkylation sites (tertiary alicyclic amines) is 1. The van der Waals surface area contributed by atoms with Crippen LogP contribution < -0.4 is 9.80 Å². The lowest BCUT2D eigenvalue weighted by molar-refractivity contribution is -0.143. The topological polar surface area (TPSA) is 93.6 Å². The van der Waals surface area contributed by atoms with Crippen molar-refractivity contribution in [3.8, 4) is 0 Å². The van der Waals surface area contributed by atoms with E-state index in [4.69, 9.17) is 4.74 Å². The van der Waals surface area contributed by atoms with Crippen molar-refractivity contribution in [2.45, 2.75) is 50.9 Å². The van der Waals surface area contributed by atoms with Gasteiger partial charge in [-0.1, -0.05) is 24.3 Å². The van der Waals surface area contributed by atoms with E-state index in [1.54, 1.807) is 21.7 Å². The minimum absolute atomic E-state index is 0.0862. The third-order valence-electron chi connectivity index (χ3n) is 8.71. The second kappa shape index (κ2) is 11.1. The lowest BCUT2D eigenvalue weighted by Gasteiger charge is -2.35. The maximum absolute atomic E-state index is 14.4. The Hall–Kier alpha value is -3.17. The number of hydrogen-bond donors (Lipinski definition) is 1. The highest BCUT2D eigenvalue weighted by molar-refractivity contribution is 6.05. The number of carbonyl (C=O) groups is 3. The Kier molecular flexibility index (Phi) is 7.82. The Morgan fingerprint density at radius 1 is 0.974 bits per heavy atom. The number of aliphatic hydroxyl groups is 1. The second-order valence-corrected chi connectivity index (χ2v) is 10.8. The summed E-state index contributed by atoms with van der Waals surface area (Å²) < 4.78 is 6.64. The van der Waals surface area contributed by atoms with Crippen molar-refractivity contribution in [3.63, 3.8) is 0 Å². The molecule has 0 saturated carbocycles. The molecule has 9 heteroatoms. The summed E-state index contributed by atoms with van der Waals surface area (Å²) in [6.07, 6.45) is 9.04. The Morgan fingerprint density at radius 2 is 1.72 bits per heavy atom. The molecule has 5 rings (SSSR count). The van der Waals surface area contributed by atoms with Crippen molar-refractivity contribution < 1.29 is 24.2 Å². The van der Waals surface area contributed by atoms with Gasteiger partial charge in [0.25, 0.3) is 5.91 Å². The molecule has 2 saturated heterocycles. The molecule has 1 unspecified atom stereocenters. The highest BCUT2D eigenvalue weighted by Gasteiger charge is 2.71. The number of likely N-dealkylation sites (N-methyl/N-ethyl adjacent to an activating group) is 1. The van der Waals surface area contributed by atoms with Crippen molar-refractivity contribution >= 4 is 29.1 Å². The maximum atomic E-state index is 14.4. The van der Waals surface area contributed by atoms with Gasteiger partial charge in [-0.15, -0.1) is 0 Å². The molecule has 5 atom stereocenters. The summed E-state index contributed by atoms with van der Waals surface area (Å²) >= 11 is 0. The number of amides is 3. The molecule has 1 aromatic rings. The van der Waals surface area contributed by atoms with E-state index in [0.29, 0.717) is 32.5 Å². The molecule has 0 aliphatic carbocycles. The van der Waals surface area contributed by atoms with Crippen molar-refractivity contribution in [1.82, 2.24) is 9.80 Å². The number of nitrogens with zero attached hydrogens (tertiary/aromatic N) is 4. The minimum atomic E-state index is -1.21. The highest BCUT2D eigenvalue weighted by atomic mass is 16.5. The first-order valence-corrected chi connectivity index (χ1v) is 14.2. The van der Waals surface area contributed by atoms with Crippen LogP contribution in [0.15, 0.2) is 48.6 Å². The molecular formula is C30H40N4O5. The van der Waals surface area contributed by atoms with Crippen LogP contribution in [0.4, 0.5) is 11.4 Å². The van der Waals surface area contributed by atoms with Gasteiger partial charge in [0.15, 0.2) is 0 Å². The Balaban J connectivity index is 1.52. The van der Waals surface area contributed by atoms with Gasteiger partial charge in [0.2, 0.25) is 11.8 Å². The van der Waals surface area contributed by atoms with E-state index < -0.39 is 29.6 Å². The Morgan fingerprint density at radius 3 is 2.41 bits per heavy atom. The molecule has 4 aliphatic heterocycles. The van der Waals surface area contributed by atoms with Gasteiger partial charge in [-0.05, 0) is 57.4 Å². The van der Waals surface area contributed by atoms with Crippen LogP contribution >= 0.6 is 0 Å². The number of unbranched alkanes of at least 4 members (excludes halogenated alkanes) is 2. The molecule has 2 fully saturated rings. The third-order valence-corrected chi connectivity index (χ3v) is 8.71. The molecule has 9 nitrogen and oxygen atoms in total. The van der Waals surface area contributed by atoms with Gasteiger partial charge in [-0.25, -0.2) is 0 Å². The summed E-state index contributed by atoms with van der Waals surface area (Å²) in [5, 5.41) is 9.24. The molecule has 1 spiro atoms. The van der Waals surface area contributed by atoms with E-state index in [0.717, 1.165) is 30.9 Å². The number of carbonyl (C=O) groups excluding carboxylic acids is 3. The monoisotopic (exact) mass is 536 g/mol. The van der Waals surface area contributed by atoms with Crippen LogP contribution in [-0.4, -0.2) is 96.8 Å². The summed E-state index contributed by atoms with van der Waals surface area (Å²) in [5.41, 5.74) is 0.638. The van der Waals surface area contributed by atoms with Crippen molar-refractivity contribution in [2.24, 2.45) is 11.8 Å².